The lowest BCUT2D eigenvalue weighted by atomic mass is 9.72. The standard InChI is InChI=1S/C19H20O2/c20-19(11-4-2-1-3-5-11)21-16-10-14-9-15(16)18-13-7-6-12(8-13)17(14)18/h1-7,12-18H,8-10H2. The number of rotatable bonds is 2. The van der Waals surface area contributed by atoms with Crippen LogP contribution >= 0.6 is 0 Å². The van der Waals surface area contributed by atoms with Crippen LogP contribution in [0.25, 0.3) is 0 Å². The molecule has 2 nitrogen and oxygen atoms in total. The highest BCUT2D eigenvalue weighted by Crippen LogP contribution is 2.65. The number of carbonyl (C=O) groups is 1. The number of esters is 1. The minimum absolute atomic E-state index is 0.136. The molecule has 5 rings (SSSR count). The molecule has 0 aromatic heterocycles. The summed E-state index contributed by atoms with van der Waals surface area (Å²) in [5, 5.41) is 0. The smallest absolute Gasteiger partial charge is 0.338 e. The lowest BCUT2D eigenvalue weighted by molar-refractivity contribution is -0.00410. The van der Waals surface area contributed by atoms with Gasteiger partial charge in [0.25, 0.3) is 0 Å². The normalized spacial score (nSPS) is 45.0. The van der Waals surface area contributed by atoms with Gasteiger partial charge >= 0.3 is 5.97 Å². The number of carbonyl (C=O) groups excluding carboxylic acids is 1. The second-order valence-electron chi connectivity index (χ2n) is 7.31. The third-order valence-electron chi connectivity index (χ3n) is 6.48. The number of allylic oxidation sites excluding steroid dienone is 2. The molecule has 0 amide bonds. The zero-order chi connectivity index (χ0) is 14.0. The second-order valence-corrected chi connectivity index (χ2v) is 7.31. The lowest BCUT2D eigenvalue weighted by Crippen LogP contribution is -2.36. The van der Waals surface area contributed by atoms with E-state index in [9.17, 15) is 4.79 Å². The van der Waals surface area contributed by atoms with Crippen LogP contribution < -0.4 is 0 Å². The molecule has 0 heterocycles. The van der Waals surface area contributed by atoms with E-state index in [1.807, 2.05) is 30.3 Å². The average Bonchev–Trinajstić information content (AvgIpc) is 3.26. The zero-order valence-electron chi connectivity index (χ0n) is 12.0. The monoisotopic (exact) mass is 280 g/mol. The van der Waals surface area contributed by atoms with Crippen molar-refractivity contribution in [2.75, 3.05) is 0 Å². The van der Waals surface area contributed by atoms with Crippen LogP contribution in [0.5, 0.6) is 0 Å². The van der Waals surface area contributed by atoms with Crippen LogP contribution in [0.4, 0.5) is 0 Å². The molecule has 7 atom stereocenters. The minimum atomic E-state index is -0.136. The number of fused-ring (bicyclic) bond motifs is 9. The Labute approximate surface area is 125 Å². The Morgan fingerprint density at radius 2 is 1.71 bits per heavy atom. The van der Waals surface area contributed by atoms with Crippen LogP contribution in [0.1, 0.15) is 29.6 Å². The van der Waals surface area contributed by atoms with E-state index in [1.165, 1.54) is 12.8 Å². The summed E-state index contributed by atoms with van der Waals surface area (Å²) in [5.74, 6) is 4.59. The fourth-order valence-corrected chi connectivity index (χ4v) is 5.87. The number of ether oxygens (including phenoxy) is 1. The fourth-order valence-electron chi connectivity index (χ4n) is 5.87. The molecule has 2 heteroatoms. The molecular weight excluding hydrogens is 260 g/mol. The van der Waals surface area contributed by atoms with E-state index in [0.717, 1.165) is 36.0 Å². The number of hydrogen-bond acceptors (Lipinski definition) is 2. The van der Waals surface area contributed by atoms with Gasteiger partial charge in [0.2, 0.25) is 0 Å². The van der Waals surface area contributed by atoms with Crippen molar-refractivity contribution in [3.05, 3.63) is 48.0 Å². The molecule has 4 bridgehead atoms. The lowest BCUT2D eigenvalue weighted by Gasteiger charge is -2.36. The van der Waals surface area contributed by atoms with Gasteiger partial charge in [-0.05, 0) is 66.9 Å². The molecule has 3 fully saturated rings. The molecule has 1 aromatic carbocycles. The van der Waals surface area contributed by atoms with Gasteiger partial charge in [0.05, 0.1) is 5.56 Å². The van der Waals surface area contributed by atoms with E-state index in [1.54, 1.807) is 0 Å². The molecular formula is C19H20O2. The summed E-state index contributed by atoms with van der Waals surface area (Å²) in [6, 6.07) is 9.42. The first-order chi connectivity index (χ1) is 10.3. The number of hydrogen-bond donors (Lipinski definition) is 0. The van der Waals surface area contributed by atoms with Crippen LogP contribution in [0.15, 0.2) is 42.5 Å². The van der Waals surface area contributed by atoms with Gasteiger partial charge in [-0.25, -0.2) is 4.79 Å². The Kier molecular flexibility index (Phi) is 2.42. The maximum Gasteiger partial charge on any atom is 0.338 e. The summed E-state index contributed by atoms with van der Waals surface area (Å²) in [4.78, 5) is 12.3. The summed E-state index contributed by atoms with van der Waals surface area (Å²) >= 11 is 0. The van der Waals surface area contributed by atoms with Crippen molar-refractivity contribution in [3.63, 3.8) is 0 Å². The molecule has 21 heavy (non-hydrogen) atoms. The first kappa shape index (κ1) is 12.0. The second kappa shape index (κ2) is 4.22. The molecule has 0 N–H and O–H groups in total. The van der Waals surface area contributed by atoms with Gasteiger partial charge in [-0.1, -0.05) is 30.4 Å². The fraction of sp³-hybridized carbons (Fsp3) is 0.526. The van der Waals surface area contributed by atoms with Crippen LogP contribution in [0.3, 0.4) is 0 Å². The molecule has 3 saturated carbocycles. The molecule has 4 aliphatic rings. The maximum atomic E-state index is 12.3. The molecule has 1 aromatic rings. The van der Waals surface area contributed by atoms with Gasteiger partial charge in [0, 0.05) is 0 Å². The van der Waals surface area contributed by atoms with Crippen molar-refractivity contribution in [2.45, 2.75) is 25.4 Å². The first-order valence-electron chi connectivity index (χ1n) is 8.25. The summed E-state index contributed by atoms with van der Waals surface area (Å²) < 4.78 is 5.88. The minimum Gasteiger partial charge on any atom is -0.458 e. The molecule has 4 aliphatic carbocycles. The largest absolute Gasteiger partial charge is 0.458 e. The average molecular weight is 280 g/mol. The Morgan fingerprint density at radius 3 is 2.52 bits per heavy atom. The van der Waals surface area contributed by atoms with Crippen molar-refractivity contribution >= 4 is 5.97 Å². The van der Waals surface area contributed by atoms with Crippen molar-refractivity contribution in [1.82, 2.24) is 0 Å². The van der Waals surface area contributed by atoms with Crippen LogP contribution in [0.2, 0.25) is 0 Å². The molecule has 7 unspecified atom stereocenters. The van der Waals surface area contributed by atoms with Crippen LogP contribution in [0, 0.1) is 35.5 Å². The summed E-state index contributed by atoms with van der Waals surface area (Å²) in [6.07, 6.45) is 8.80. The summed E-state index contributed by atoms with van der Waals surface area (Å²) in [7, 11) is 0. The Morgan fingerprint density at radius 1 is 0.952 bits per heavy atom. The van der Waals surface area contributed by atoms with E-state index < -0.39 is 0 Å². The highest BCUT2D eigenvalue weighted by Gasteiger charge is 2.61. The van der Waals surface area contributed by atoms with E-state index >= 15 is 0 Å². The van der Waals surface area contributed by atoms with Gasteiger partial charge in [-0.15, -0.1) is 0 Å². The van der Waals surface area contributed by atoms with Gasteiger partial charge in [-0.3, -0.25) is 0 Å². The quantitative estimate of drug-likeness (QED) is 0.469. The van der Waals surface area contributed by atoms with Crippen molar-refractivity contribution in [3.8, 4) is 0 Å². The van der Waals surface area contributed by atoms with Gasteiger partial charge in [0.15, 0.2) is 0 Å². The molecule has 0 radical (unpaired) electrons. The van der Waals surface area contributed by atoms with E-state index in [2.05, 4.69) is 12.2 Å². The Hall–Kier alpha value is -1.57. The van der Waals surface area contributed by atoms with E-state index in [4.69, 9.17) is 4.74 Å². The SMILES string of the molecule is O=C(OC1CC2CC1C1C3C=CC(C3)C21)c1ccccc1. The van der Waals surface area contributed by atoms with Crippen molar-refractivity contribution in [1.29, 1.82) is 0 Å². The molecule has 0 spiro atoms. The Balaban J connectivity index is 1.35. The highest BCUT2D eigenvalue weighted by molar-refractivity contribution is 5.89. The third kappa shape index (κ3) is 1.62. The molecule has 108 valence electrons. The van der Waals surface area contributed by atoms with Crippen molar-refractivity contribution < 1.29 is 9.53 Å². The van der Waals surface area contributed by atoms with E-state index in [0.29, 0.717) is 11.5 Å². The van der Waals surface area contributed by atoms with Gasteiger partial charge < -0.3 is 4.74 Å². The Bertz CT molecular complexity index is 605. The zero-order valence-corrected chi connectivity index (χ0v) is 12.0. The van der Waals surface area contributed by atoms with Gasteiger partial charge in [0.1, 0.15) is 6.10 Å². The summed E-state index contributed by atoms with van der Waals surface area (Å²) in [6.45, 7) is 0. The van der Waals surface area contributed by atoms with E-state index in [-0.39, 0.29) is 12.1 Å². The maximum absolute atomic E-state index is 12.3. The predicted molar refractivity (Wildman–Crippen MR) is 79.6 cm³/mol. The van der Waals surface area contributed by atoms with Crippen LogP contribution in [-0.4, -0.2) is 12.1 Å². The number of benzene rings is 1. The highest BCUT2D eigenvalue weighted by atomic mass is 16.5. The van der Waals surface area contributed by atoms with Gasteiger partial charge in [-0.2, -0.15) is 0 Å². The third-order valence-corrected chi connectivity index (χ3v) is 6.48. The predicted octanol–water partition coefficient (Wildman–Crippen LogP) is 3.69. The summed E-state index contributed by atoms with van der Waals surface area (Å²) in [5.41, 5.74) is 0.685. The first-order valence-corrected chi connectivity index (χ1v) is 8.25. The van der Waals surface area contributed by atoms with Crippen molar-refractivity contribution in [2.24, 2.45) is 35.5 Å². The molecule has 0 aliphatic heterocycles. The molecule has 0 saturated heterocycles. The van der Waals surface area contributed by atoms with Crippen LogP contribution in [-0.2, 0) is 4.74 Å². The topological polar surface area (TPSA) is 26.3 Å².